The Labute approximate surface area is 163 Å². The average molecular weight is 403 g/mol. The number of alkyl halides is 3. The lowest BCUT2D eigenvalue weighted by Crippen LogP contribution is -2.20. The van der Waals surface area contributed by atoms with Crippen LogP contribution in [-0.2, 0) is 10.9 Å². The van der Waals surface area contributed by atoms with Gasteiger partial charge in [-0.1, -0.05) is 18.2 Å². The van der Waals surface area contributed by atoms with Crippen molar-refractivity contribution in [3.63, 3.8) is 0 Å². The first-order valence-corrected chi connectivity index (χ1v) is 8.59. The molecule has 1 heterocycles. The smallest absolute Gasteiger partial charge is 0.417 e. The second kappa shape index (κ2) is 8.17. The highest BCUT2D eigenvalue weighted by Gasteiger charge is 2.37. The maximum Gasteiger partial charge on any atom is 0.417 e. The first-order chi connectivity index (χ1) is 13.8. The molecule has 0 atom stereocenters. The molecule has 0 spiro atoms. The lowest BCUT2D eigenvalue weighted by molar-refractivity contribution is -0.136. The van der Waals surface area contributed by atoms with Crippen LogP contribution in [0.2, 0.25) is 0 Å². The summed E-state index contributed by atoms with van der Waals surface area (Å²) in [6.07, 6.45) is -4.46. The summed E-state index contributed by atoms with van der Waals surface area (Å²) in [5, 5.41) is 4.74. The van der Waals surface area contributed by atoms with E-state index < -0.39 is 29.3 Å². The van der Waals surface area contributed by atoms with Gasteiger partial charge in [-0.3, -0.25) is 15.1 Å². The highest BCUT2D eigenvalue weighted by molar-refractivity contribution is 6.08. The SMILES string of the molecule is CCOC(=O)Nc1ccc(NC(=O)c2cnc3ccccc3c2C(F)(F)F)cc1. The molecule has 29 heavy (non-hydrogen) atoms. The Kier molecular flexibility index (Phi) is 5.67. The van der Waals surface area contributed by atoms with Gasteiger partial charge in [0.15, 0.2) is 0 Å². The number of para-hydroxylation sites is 1. The van der Waals surface area contributed by atoms with Gasteiger partial charge in [-0.15, -0.1) is 0 Å². The number of anilines is 2. The fourth-order valence-electron chi connectivity index (χ4n) is 2.74. The minimum absolute atomic E-state index is 0.144. The van der Waals surface area contributed by atoms with Gasteiger partial charge in [0.2, 0.25) is 0 Å². The van der Waals surface area contributed by atoms with Crippen LogP contribution in [0.15, 0.2) is 54.7 Å². The van der Waals surface area contributed by atoms with Crippen molar-refractivity contribution in [2.45, 2.75) is 13.1 Å². The van der Waals surface area contributed by atoms with Crippen LogP contribution in [0.5, 0.6) is 0 Å². The van der Waals surface area contributed by atoms with Crippen molar-refractivity contribution in [3.05, 3.63) is 65.9 Å². The number of fused-ring (bicyclic) bond motifs is 1. The zero-order valence-electron chi connectivity index (χ0n) is 15.2. The number of amides is 2. The summed E-state index contributed by atoms with van der Waals surface area (Å²) in [5.74, 6) is -0.943. The molecule has 0 aliphatic carbocycles. The van der Waals surface area contributed by atoms with Crippen molar-refractivity contribution >= 4 is 34.3 Å². The predicted molar refractivity (Wildman–Crippen MR) is 102 cm³/mol. The topological polar surface area (TPSA) is 80.3 Å². The summed E-state index contributed by atoms with van der Waals surface area (Å²) in [5.41, 5.74) is -0.813. The van der Waals surface area contributed by atoms with E-state index in [-0.39, 0.29) is 23.2 Å². The van der Waals surface area contributed by atoms with Gasteiger partial charge in [0, 0.05) is 23.0 Å². The van der Waals surface area contributed by atoms with Crippen molar-refractivity contribution < 1.29 is 27.5 Å². The molecule has 9 heteroatoms. The highest BCUT2D eigenvalue weighted by Crippen LogP contribution is 2.37. The van der Waals surface area contributed by atoms with Crippen LogP contribution in [0.1, 0.15) is 22.8 Å². The lowest BCUT2D eigenvalue weighted by Gasteiger charge is -2.15. The first kappa shape index (κ1) is 20.1. The van der Waals surface area contributed by atoms with E-state index in [1.165, 1.54) is 42.5 Å². The van der Waals surface area contributed by atoms with Crippen LogP contribution in [0.3, 0.4) is 0 Å². The fraction of sp³-hybridized carbons (Fsp3) is 0.150. The Morgan fingerprint density at radius 2 is 1.62 bits per heavy atom. The molecule has 0 saturated heterocycles. The number of ether oxygens (including phenoxy) is 1. The van der Waals surface area contributed by atoms with Crippen molar-refractivity contribution in [3.8, 4) is 0 Å². The number of halogens is 3. The fourth-order valence-corrected chi connectivity index (χ4v) is 2.74. The largest absolute Gasteiger partial charge is 0.450 e. The van der Waals surface area contributed by atoms with E-state index in [2.05, 4.69) is 15.6 Å². The first-order valence-electron chi connectivity index (χ1n) is 8.59. The Bertz CT molecular complexity index is 1050. The van der Waals surface area contributed by atoms with Gasteiger partial charge in [0.25, 0.3) is 5.91 Å². The molecule has 0 saturated carbocycles. The molecule has 3 aromatic rings. The molecule has 2 aromatic carbocycles. The van der Waals surface area contributed by atoms with E-state index in [0.29, 0.717) is 5.69 Å². The summed E-state index contributed by atoms with van der Waals surface area (Å²) >= 11 is 0. The van der Waals surface area contributed by atoms with Gasteiger partial charge in [-0.05, 0) is 37.3 Å². The second-order valence-corrected chi connectivity index (χ2v) is 5.94. The normalized spacial score (nSPS) is 11.2. The van der Waals surface area contributed by atoms with Crippen molar-refractivity contribution in [2.24, 2.45) is 0 Å². The molecule has 3 rings (SSSR count). The Morgan fingerprint density at radius 3 is 2.24 bits per heavy atom. The molecule has 0 fully saturated rings. The average Bonchev–Trinajstić information content (AvgIpc) is 2.68. The Morgan fingerprint density at radius 1 is 1.00 bits per heavy atom. The van der Waals surface area contributed by atoms with Gasteiger partial charge in [0.05, 0.1) is 23.3 Å². The number of carbonyl (C=O) groups excluding carboxylic acids is 2. The molecule has 1 aromatic heterocycles. The van der Waals surface area contributed by atoms with Gasteiger partial charge < -0.3 is 10.1 Å². The predicted octanol–water partition coefficient (Wildman–Crippen LogP) is 5.07. The third-order valence-electron chi connectivity index (χ3n) is 3.97. The van der Waals surface area contributed by atoms with Crippen LogP contribution in [0, 0.1) is 0 Å². The summed E-state index contributed by atoms with van der Waals surface area (Å²) in [6.45, 7) is 1.87. The lowest BCUT2D eigenvalue weighted by atomic mass is 10.0. The van der Waals surface area contributed by atoms with Crippen LogP contribution >= 0.6 is 0 Å². The number of benzene rings is 2. The number of hydrogen-bond donors (Lipinski definition) is 2. The Balaban J connectivity index is 1.86. The standard InChI is InChI=1S/C20H16F3N3O3/c1-2-29-19(28)26-13-9-7-12(8-10-13)25-18(27)15-11-24-16-6-4-3-5-14(16)17(15)20(21,22)23/h3-11H,2H2,1H3,(H,25,27)(H,26,28). The third-order valence-corrected chi connectivity index (χ3v) is 3.97. The molecular weight excluding hydrogens is 387 g/mol. The van der Waals surface area contributed by atoms with E-state index in [1.807, 2.05) is 0 Å². The zero-order chi connectivity index (χ0) is 21.0. The second-order valence-electron chi connectivity index (χ2n) is 5.94. The number of hydrogen-bond acceptors (Lipinski definition) is 4. The van der Waals surface area contributed by atoms with Crippen molar-refractivity contribution in [1.29, 1.82) is 0 Å². The molecule has 0 radical (unpaired) electrons. The molecule has 0 bridgehead atoms. The number of carbonyl (C=O) groups is 2. The van der Waals surface area contributed by atoms with Crippen LogP contribution in [0.4, 0.5) is 29.3 Å². The number of aromatic nitrogens is 1. The third kappa shape index (κ3) is 4.63. The van der Waals surface area contributed by atoms with Gasteiger partial charge in [-0.25, -0.2) is 4.79 Å². The van der Waals surface area contributed by atoms with E-state index in [4.69, 9.17) is 4.74 Å². The van der Waals surface area contributed by atoms with E-state index in [9.17, 15) is 22.8 Å². The molecule has 0 aliphatic heterocycles. The molecular formula is C20H16F3N3O3. The molecule has 0 unspecified atom stereocenters. The maximum absolute atomic E-state index is 13.7. The molecule has 2 amide bonds. The maximum atomic E-state index is 13.7. The molecule has 150 valence electrons. The Hall–Kier alpha value is -3.62. The number of pyridine rings is 1. The zero-order valence-corrected chi connectivity index (χ0v) is 15.2. The quantitative estimate of drug-likeness (QED) is 0.637. The molecule has 6 nitrogen and oxygen atoms in total. The van der Waals surface area contributed by atoms with Gasteiger partial charge >= 0.3 is 12.3 Å². The molecule has 0 aliphatic rings. The monoisotopic (exact) mass is 403 g/mol. The number of rotatable bonds is 4. The summed E-state index contributed by atoms with van der Waals surface area (Å²) in [7, 11) is 0. The van der Waals surface area contributed by atoms with Gasteiger partial charge in [-0.2, -0.15) is 13.2 Å². The minimum atomic E-state index is -4.73. The highest BCUT2D eigenvalue weighted by atomic mass is 19.4. The van der Waals surface area contributed by atoms with E-state index in [0.717, 1.165) is 6.20 Å². The summed E-state index contributed by atoms with van der Waals surface area (Å²) in [6, 6.07) is 11.6. The molecule has 2 N–H and O–H groups in total. The summed E-state index contributed by atoms with van der Waals surface area (Å²) in [4.78, 5) is 27.9. The van der Waals surface area contributed by atoms with Crippen molar-refractivity contribution in [2.75, 3.05) is 17.2 Å². The van der Waals surface area contributed by atoms with Crippen LogP contribution in [0.25, 0.3) is 10.9 Å². The van der Waals surface area contributed by atoms with E-state index in [1.54, 1.807) is 13.0 Å². The van der Waals surface area contributed by atoms with E-state index >= 15 is 0 Å². The van der Waals surface area contributed by atoms with Crippen LogP contribution < -0.4 is 10.6 Å². The number of nitrogens with zero attached hydrogens (tertiary/aromatic N) is 1. The van der Waals surface area contributed by atoms with Gasteiger partial charge in [0.1, 0.15) is 0 Å². The van der Waals surface area contributed by atoms with Crippen LogP contribution in [-0.4, -0.2) is 23.6 Å². The minimum Gasteiger partial charge on any atom is -0.450 e. The van der Waals surface area contributed by atoms with Crippen molar-refractivity contribution in [1.82, 2.24) is 4.98 Å². The summed E-state index contributed by atoms with van der Waals surface area (Å²) < 4.78 is 45.7. The number of nitrogens with one attached hydrogen (secondary N) is 2.